The van der Waals surface area contributed by atoms with Gasteiger partial charge in [-0.15, -0.1) is 0 Å². The molecule has 1 rings (SSSR count). The van der Waals surface area contributed by atoms with Gasteiger partial charge in [-0.05, 0) is 20.8 Å². The second kappa shape index (κ2) is 7.84. The highest BCUT2D eigenvalue weighted by molar-refractivity contribution is 5.89. The Bertz CT molecular complexity index is 348. The van der Waals surface area contributed by atoms with E-state index in [9.17, 15) is 4.79 Å². The van der Waals surface area contributed by atoms with Gasteiger partial charge in [-0.1, -0.05) is 13.8 Å². The summed E-state index contributed by atoms with van der Waals surface area (Å²) in [5.74, 6) is -0.340. The molecule has 2 N–H and O–H groups in total. The topological polar surface area (TPSA) is 70.1 Å². The van der Waals surface area contributed by atoms with E-state index in [1.54, 1.807) is 17.8 Å². The van der Waals surface area contributed by atoms with E-state index in [2.05, 4.69) is 5.10 Å². The fraction of sp³-hybridized carbons (Fsp3) is 0.667. The van der Waals surface area contributed by atoms with Crippen LogP contribution in [0.4, 0.5) is 0 Å². The molecule has 0 aliphatic rings. The van der Waals surface area contributed by atoms with Crippen LogP contribution >= 0.6 is 0 Å². The largest absolute Gasteiger partial charge is 0.461 e. The molecule has 0 amide bonds. The molecule has 1 aromatic rings. The van der Waals surface area contributed by atoms with Crippen molar-refractivity contribution in [3.05, 3.63) is 17.5 Å². The van der Waals surface area contributed by atoms with E-state index < -0.39 is 0 Å². The molecule has 0 unspecified atom stereocenters. The summed E-state index contributed by atoms with van der Waals surface area (Å²) < 4.78 is 6.58. The van der Waals surface area contributed by atoms with Gasteiger partial charge in [-0.3, -0.25) is 4.68 Å². The molecule has 5 nitrogen and oxygen atoms in total. The Hall–Kier alpha value is -1.36. The van der Waals surface area contributed by atoms with E-state index in [1.807, 2.05) is 27.7 Å². The second-order valence-corrected chi connectivity index (χ2v) is 3.43. The van der Waals surface area contributed by atoms with Crippen LogP contribution in [0.2, 0.25) is 0 Å². The van der Waals surface area contributed by atoms with Crippen molar-refractivity contribution in [2.45, 2.75) is 40.7 Å². The van der Waals surface area contributed by atoms with E-state index in [0.29, 0.717) is 18.8 Å². The van der Waals surface area contributed by atoms with Gasteiger partial charge in [0, 0.05) is 12.1 Å². The molecule has 0 bridgehead atoms. The molecular formula is C12H23N3O2. The van der Waals surface area contributed by atoms with Gasteiger partial charge in [0.2, 0.25) is 0 Å². The van der Waals surface area contributed by atoms with Gasteiger partial charge >= 0.3 is 5.97 Å². The zero-order valence-electron chi connectivity index (χ0n) is 11.4. The molecule has 0 aromatic carbocycles. The summed E-state index contributed by atoms with van der Waals surface area (Å²) >= 11 is 0. The lowest BCUT2D eigenvalue weighted by Crippen LogP contribution is -2.22. The van der Waals surface area contributed by atoms with E-state index >= 15 is 0 Å². The monoisotopic (exact) mass is 241 g/mol. The average molecular weight is 241 g/mol. The third-order valence-corrected chi connectivity index (χ3v) is 2.21. The summed E-state index contributed by atoms with van der Waals surface area (Å²) in [6.45, 7) is 10.3. The lowest BCUT2D eigenvalue weighted by molar-refractivity contribution is 0.0508. The molecule has 17 heavy (non-hydrogen) atoms. The number of ether oxygens (including phenoxy) is 1. The summed E-state index contributed by atoms with van der Waals surface area (Å²) in [6.07, 6.45) is 1.65. The summed E-state index contributed by atoms with van der Waals surface area (Å²) in [6, 6.07) is -0.00175. The first kappa shape index (κ1) is 15.6. The molecule has 0 saturated heterocycles. The molecule has 5 heteroatoms. The maximum atomic E-state index is 11.6. The third-order valence-electron chi connectivity index (χ3n) is 2.21. The number of hydrogen-bond acceptors (Lipinski definition) is 4. The first-order valence-electron chi connectivity index (χ1n) is 6.03. The predicted molar refractivity (Wildman–Crippen MR) is 68.0 cm³/mol. The molecule has 0 radical (unpaired) electrons. The summed E-state index contributed by atoms with van der Waals surface area (Å²) in [5.41, 5.74) is 6.85. The van der Waals surface area contributed by atoms with Crippen LogP contribution in [0.5, 0.6) is 0 Å². The molecule has 0 spiro atoms. The highest BCUT2D eigenvalue weighted by atomic mass is 16.5. The zero-order valence-corrected chi connectivity index (χ0v) is 11.4. The van der Waals surface area contributed by atoms with Gasteiger partial charge in [0.1, 0.15) is 5.69 Å². The molecule has 1 heterocycles. The maximum absolute atomic E-state index is 11.6. The van der Waals surface area contributed by atoms with Crippen molar-refractivity contribution in [3.8, 4) is 0 Å². The number of aromatic nitrogens is 2. The fourth-order valence-corrected chi connectivity index (χ4v) is 1.34. The van der Waals surface area contributed by atoms with Crippen molar-refractivity contribution in [2.75, 3.05) is 13.2 Å². The lowest BCUT2D eigenvalue weighted by Gasteiger charge is -2.13. The Kier molecular flexibility index (Phi) is 7.21. The van der Waals surface area contributed by atoms with Crippen LogP contribution in [0, 0.1) is 6.92 Å². The van der Waals surface area contributed by atoms with Crippen LogP contribution in [0.15, 0.2) is 6.20 Å². The first-order valence-corrected chi connectivity index (χ1v) is 6.03. The van der Waals surface area contributed by atoms with Gasteiger partial charge in [0.15, 0.2) is 0 Å². The van der Waals surface area contributed by atoms with Gasteiger partial charge in [-0.2, -0.15) is 5.10 Å². The SMILES string of the molecule is CC.CCOC(=O)c1c(C)cnn1[C@@H](C)CN. The quantitative estimate of drug-likeness (QED) is 0.817. The van der Waals surface area contributed by atoms with E-state index in [4.69, 9.17) is 10.5 Å². The van der Waals surface area contributed by atoms with Crippen molar-refractivity contribution in [3.63, 3.8) is 0 Å². The number of nitrogens with zero attached hydrogens (tertiary/aromatic N) is 2. The number of rotatable bonds is 4. The fourth-order valence-electron chi connectivity index (χ4n) is 1.34. The highest BCUT2D eigenvalue weighted by Crippen LogP contribution is 2.13. The Morgan fingerprint density at radius 3 is 2.65 bits per heavy atom. The second-order valence-electron chi connectivity index (χ2n) is 3.43. The summed E-state index contributed by atoms with van der Waals surface area (Å²) in [5, 5.41) is 4.13. The predicted octanol–water partition coefficient (Wildman–Crippen LogP) is 1.91. The van der Waals surface area contributed by atoms with Crippen LogP contribution in [-0.2, 0) is 4.74 Å². The van der Waals surface area contributed by atoms with Crippen molar-refractivity contribution in [1.82, 2.24) is 9.78 Å². The Labute approximate surface area is 103 Å². The number of esters is 1. The molecule has 0 aliphatic heterocycles. The molecule has 98 valence electrons. The minimum atomic E-state index is -0.340. The van der Waals surface area contributed by atoms with Crippen LogP contribution in [0.3, 0.4) is 0 Å². The van der Waals surface area contributed by atoms with Gasteiger partial charge < -0.3 is 10.5 Å². The minimum Gasteiger partial charge on any atom is -0.461 e. The Morgan fingerprint density at radius 2 is 2.18 bits per heavy atom. The van der Waals surface area contributed by atoms with Crippen molar-refractivity contribution in [1.29, 1.82) is 0 Å². The van der Waals surface area contributed by atoms with Gasteiger partial charge in [-0.25, -0.2) is 4.79 Å². The van der Waals surface area contributed by atoms with Gasteiger partial charge in [0.25, 0.3) is 0 Å². The third kappa shape index (κ3) is 3.85. The Morgan fingerprint density at radius 1 is 1.59 bits per heavy atom. The van der Waals surface area contributed by atoms with Crippen molar-refractivity contribution < 1.29 is 9.53 Å². The first-order chi connectivity index (χ1) is 8.11. The van der Waals surface area contributed by atoms with Crippen LogP contribution < -0.4 is 5.73 Å². The molecule has 0 aliphatic carbocycles. The molecule has 1 aromatic heterocycles. The van der Waals surface area contributed by atoms with Crippen molar-refractivity contribution in [2.24, 2.45) is 5.73 Å². The van der Waals surface area contributed by atoms with Gasteiger partial charge in [0.05, 0.1) is 18.8 Å². The minimum absolute atomic E-state index is 0.00175. The van der Waals surface area contributed by atoms with Crippen LogP contribution in [-0.4, -0.2) is 28.9 Å². The number of carbonyl (C=O) groups is 1. The number of aryl methyl sites for hydroxylation is 1. The molecule has 0 saturated carbocycles. The summed E-state index contributed by atoms with van der Waals surface area (Å²) in [4.78, 5) is 11.6. The molecular weight excluding hydrogens is 218 g/mol. The van der Waals surface area contributed by atoms with Crippen molar-refractivity contribution >= 4 is 5.97 Å². The highest BCUT2D eigenvalue weighted by Gasteiger charge is 2.19. The standard InChI is InChI=1S/C10H17N3O2.C2H6/c1-4-15-10(14)9-7(2)6-12-13(9)8(3)5-11;1-2/h6,8H,4-5,11H2,1-3H3;1-2H3/t8-;/m0./s1. The Balaban J connectivity index is 0.00000121. The number of hydrogen-bond donors (Lipinski definition) is 1. The molecule has 1 atom stereocenters. The number of nitrogens with two attached hydrogens (primary N) is 1. The van der Waals surface area contributed by atoms with Crippen LogP contribution in [0.1, 0.15) is 49.8 Å². The molecule has 0 fully saturated rings. The average Bonchev–Trinajstić information content (AvgIpc) is 2.73. The van der Waals surface area contributed by atoms with E-state index in [-0.39, 0.29) is 12.0 Å². The van der Waals surface area contributed by atoms with E-state index in [0.717, 1.165) is 5.56 Å². The lowest BCUT2D eigenvalue weighted by atomic mass is 10.2. The van der Waals surface area contributed by atoms with Crippen LogP contribution in [0.25, 0.3) is 0 Å². The normalized spacial score (nSPS) is 11.4. The zero-order chi connectivity index (χ0) is 13.4. The number of carbonyl (C=O) groups excluding carboxylic acids is 1. The van der Waals surface area contributed by atoms with E-state index in [1.165, 1.54) is 0 Å². The maximum Gasteiger partial charge on any atom is 0.356 e. The summed E-state index contributed by atoms with van der Waals surface area (Å²) in [7, 11) is 0. The smallest absolute Gasteiger partial charge is 0.356 e.